The first-order valence-corrected chi connectivity index (χ1v) is 11.6. The van der Waals surface area contributed by atoms with Crippen LogP contribution in [0.15, 0.2) is 18.2 Å². The summed E-state index contributed by atoms with van der Waals surface area (Å²) in [6.07, 6.45) is 1.86. The lowest BCUT2D eigenvalue weighted by Gasteiger charge is -2.42. The fourth-order valence-electron chi connectivity index (χ4n) is 4.34. The Morgan fingerprint density at radius 2 is 1.91 bits per heavy atom. The third kappa shape index (κ3) is 5.07. The van der Waals surface area contributed by atoms with Crippen molar-refractivity contribution < 1.29 is 9.53 Å². The summed E-state index contributed by atoms with van der Waals surface area (Å²) < 4.78 is 7.74. The third-order valence-corrected chi connectivity index (χ3v) is 6.50. The molecule has 0 unspecified atom stereocenters. The van der Waals surface area contributed by atoms with Crippen LogP contribution < -0.4 is 5.32 Å². The predicted octanol–water partition coefficient (Wildman–Crippen LogP) is 3.53. The molecule has 0 amide bonds. The normalized spacial score (nSPS) is 16.3. The van der Waals surface area contributed by atoms with Gasteiger partial charge >= 0.3 is 0 Å². The van der Waals surface area contributed by atoms with Gasteiger partial charge in [0.15, 0.2) is 0 Å². The molecule has 176 valence electrons. The second kappa shape index (κ2) is 9.57. The van der Waals surface area contributed by atoms with Crippen molar-refractivity contribution in [2.75, 3.05) is 38.2 Å². The van der Waals surface area contributed by atoms with Gasteiger partial charge in [0.2, 0.25) is 5.95 Å². The number of hydrogen-bond donors (Lipinski definition) is 1. The molecule has 1 fully saturated rings. The maximum atomic E-state index is 11.4. The molecule has 1 saturated heterocycles. The number of benzene rings is 1. The van der Waals surface area contributed by atoms with E-state index >= 15 is 0 Å². The number of hydrogen-bond acceptors (Lipinski definition) is 7. The average molecular weight is 451 g/mol. The number of morpholine rings is 1. The second-order valence-corrected chi connectivity index (χ2v) is 9.45. The highest BCUT2D eigenvalue weighted by Crippen LogP contribution is 2.24. The Bertz CT molecular complexity index is 1150. The first-order valence-electron chi connectivity index (χ1n) is 11.6. The number of fused-ring (bicyclic) bond motifs is 1. The average Bonchev–Trinajstić information content (AvgIpc) is 3.12. The quantitative estimate of drug-likeness (QED) is 0.415. The van der Waals surface area contributed by atoms with Crippen LogP contribution in [-0.4, -0.2) is 69.1 Å². The summed E-state index contributed by atoms with van der Waals surface area (Å²) in [6.45, 7) is 15.3. The van der Waals surface area contributed by atoms with Gasteiger partial charge in [0, 0.05) is 30.7 Å². The van der Waals surface area contributed by atoms with Gasteiger partial charge in [-0.1, -0.05) is 0 Å². The monoisotopic (exact) mass is 450 g/mol. The summed E-state index contributed by atoms with van der Waals surface area (Å²) in [6, 6.07) is 5.59. The molecule has 0 bridgehead atoms. The van der Waals surface area contributed by atoms with Crippen LogP contribution >= 0.6 is 0 Å². The van der Waals surface area contributed by atoms with Gasteiger partial charge in [-0.05, 0) is 59.2 Å². The molecule has 0 spiro atoms. The number of anilines is 1. The summed E-state index contributed by atoms with van der Waals surface area (Å²) in [5.41, 5.74) is 6.15. The number of imidazole rings is 1. The van der Waals surface area contributed by atoms with Gasteiger partial charge in [-0.25, -0.2) is 4.98 Å². The van der Waals surface area contributed by atoms with Crippen molar-refractivity contribution in [3.05, 3.63) is 46.5 Å². The van der Waals surface area contributed by atoms with Crippen LogP contribution in [0.25, 0.3) is 11.0 Å². The van der Waals surface area contributed by atoms with Crippen LogP contribution in [0.1, 0.15) is 53.4 Å². The lowest BCUT2D eigenvalue weighted by Crippen LogP contribution is -2.53. The molecule has 0 aliphatic carbocycles. The van der Waals surface area contributed by atoms with Crippen molar-refractivity contribution >= 4 is 23.3 Å². The van der Waals surface area contributed by atoms with E-state index in [1.807, 2.05) is 32.9 Å². The highest BCUT2D eigenvalue weighted by Gasteiger charge is 2.29. The van der Waals surface area contributed by atoms with Crippen LogP contribution in [-0.2, 0) is 11.3 Å². The largest absolute Gasteiger partial charge is 0.378 e. The minimum absolute atomic E-state index is 0.0656. The molecule has 4 rings (SSSR count). The van der Waals surface area contributed by atoms with Crippen molar-refractivity contribution in [3.63, 3.8) is 0 Å². The third-order valence-electron chi connectivity index (χ3n) is 6.50. The molecule has 2 aromatic heterocycles. The Labute approximate surface area is 195 Å². The zero-order valence-electron chi connectivity index (χ0n) is 20.3. The van der Waals surface area contributed by atoms with Crippen molar-refractivity contribution in [1.82, 2.24) is 24.4 Å². The molecule has 33 heavy (non-hydrogen) atoms. The van der Waals surface area contributed by atoms with E-state index in [-0.39, 0.29) is 5.54 Å². The smallest absolute Gasteiger partial charge is 0.204 e. The van der Waals surface area contributed by atoms with E-state index < -0.39 is 0 Å². The Morgan fingerprint density at radius 3 is 2.67 bits per heavy atom. The Hall–Kier alpha value is -2.84. The SMILES string of the molecule is Cc1nc(C)c(Cn2c(NCCCN3CCOCC3(C)C)nc3ccc(C=O)cc32)nc1C. The molecule has 1 N–H and O–H groups in total. The van der Waals surface area contributed by atoms with Gasteiger partial charge in [-0.2, -0.15) is 0 Å². The fraction of sp³-hybridized carbons (Fsp3) is 0.520. The van der Waals surface area contributed by atoms with Gasteiger partial charge in [-0.3, -0.25) is 19.7 Å². The zero-order chi connectivity index (χ0) is 23.6. The first-order chi connectivity index (χ1) is 15.8. The van der Waals surface area contributed by atoms with Crippen molar-refractivity contribution in [3.8, 4) is 0 Å². The van der Waals surface area contributed by atoms with Gasteiger partial charge in [0.1, 0.15) is 6.29 Å². The molecule has 3 heterocycles. The van der Waals surface area contributed by atoms with Crippen molar-refractivity contribution in [2.24, 2.45) is 0 Å². The van der Waals surface area contributed by atoms with E-state index in [0.717, 1.165) is 85.3 Å². The van der Waals surface area contributed by atoms with E-state index in [0.29, 0.717) is 12.1 Å². The molecule has 0 atom stereocenters. The molecule has 0 radical (unpaired) electrons. The number of aromatic nitrogens is 4. The minimum atomic E-state index is 0.0656. The number of carbonyl (C=O) groups excluding carboxylic acids is 1. The summed E-state index contributed by atoms with van der Waals surface area (Å²) in [5, 5.41) is 3.53. The predicted molar refractivity (Wildman–Crippen MR) is 130 cm³/mol. The molecular weight excluding hydrogens is 416 g/mol. The lowest BCUT2D eigenvalue weighted by molar-refractivity contribution is -0.0507. The van der Waals surface area contributed by atoms with Crippen LogP contribution in [0, 0.1) is 20.8 Å². The summed E-state index contributed by atoms with van der Waals surface area (Å²) in [7, 11) is 0. The number of nitrogens with zero attached hydrogens (tertiary/aromatic N) is 5. The molecule has 1 aliphatic heterocycles. The Kier molecular flexibility index (Phi) is 6.76. The summed E-state index contributed by atoms with van der Waals surface area (Å²) in [5.74, 6) is 0.786. The molecule has 3 aromatic rings. The van der Waals surface area contributed by atoms with Crippen LogP contribution in [0.3, 0.4) is 0 Å². The van der Waals surface area contributed by atoms with Gasteiger partial charge in [0.25, 0.3) is 0 Å². The molecule has 8 nitrogen and oxygen atoms in total. The van der Waals surface area contributed by atoms with E-state index in [1.54, 1.807) is 6.07 Å². The molecule has 1 aliphatic rings. The van der Waals surface area contributed by atoms with Crippen molar-refractivity contribution in [2.45, 2.75) is 53.1 Å². The Balaban J connectivity index is 1.56. The summed E-state index contributed by atoms with van der Waals surface area (Å²) in [4.78, 5) is 28.1. The summed E-state index contributed by atoms with van der Waals surface area (Å²) >= 11 is 0. The van der Waals surface area contributed by atoms with E-state index in [9.17, 15) is 4.79 Å². The highest BCUT2D eigenvalue weighted by atomic mass is 16.5. The topological polar surface area (TPSA) is 85.2 Å². The molecule has 1 aromatic carbocycles. The van der Waals surface area contributed by atoms with Crippen LogP contribution in [0.4, 0.5) is 5.95 Å². The standard InChI is InChI=1S/C25H34N6O2/c1-17-18(2)28-22(19(3)27-17)14-31-23-13-20(15-32)7-8-21(23)29-24(31)26-9-6-10-30-11-12-33-16-25(30,4)5/h7-8,13,15H,6,9-12,14,16H2,1-5H3,(H,26,29). The van der Waals surface area contributed by atoms with Crippen LogP contribution in [0.5, 0.6) is 0 Å². The molecular formula is C25H34N6O2. The highest BCUT2D eigenvalue weighted by molar-refractivity contribution is 5.86. The lowest BCUT2D eigenvalue weighted by atomic mass is 10.0. The van der Waals surface area contributed by atoms with Gasteiger partial charge in [0.05, 0.1) is 53.6 Å². The number of aldehydes is 1. The van der Waals surface area contributed by atoms with E-state index in [1.165, 1.54) is 0 Å². The number of carbonyl (C=O) groups is 1. The Morgan fingerprint density at radius 1 is 1.12 bits per heavy atom. The number of ether oxygens (including phenoxy) is 1. The van der Waals surface area contributed by atoms with Gasteiger partial charge in [-0.15, -0.1) is 0 Å². The second-order valence-electron chi connectivity index (χ2n) is 9.45. The first kappa shape index (κ1) is 23.3. The number of nitrogens with one attached hydrogen (secondary N) is 1. The molecule has 8 heteroatoms. The van der Waals surface area contributed by atoms with Crippen molar-refractivity contribution in [1.29, 1.82) is 0 Å². The van der Waals surface area contributed by atoms with Crippen LogP contribution in [0.2, 0.25) is 0 Å². The number of rotatable bonds is 8. The van der Waals surface area contributed by atoms with E-state index in [4.69, 9.17) is 14.7 Å². The minimum Gasteiger partial charge on any atom is -0.378 e. The maximum absolute atomic E-state index is 11.4. The molecule has 0 saturated carbocycles. The zero-order valence-corrected chi connectivity index (χ0v) is 20.3. The maximum Gasteiger partial charge on any atom is 0.204 e. The fourth-order valence-corrected chi connectivity index (χ4v) is 4.34. The van der Waals surface area contributed by atoms with Gasteiger partial charge < -0.3 is 14.6 Å². The number of aryl methyl sites for hydroxylation is 3. The van der Waals surface area contributed by atoms with E-state index in [2.05, 4.69) is 33.6 Å².